The van der Waals surface area contributed by atoms with Crippen LogP contribution in [0.3, 0.4) is 0 Å². The molecule has 0 radical (unpaired) electrons. The van der Waals surface area contributed by atoms with E-state index in [9.17, 15) is 9.59 Å². The molecule has 4 heterocycles. The molecule has 0 spiro atoms. The largest absolute Gasteiger partial charge is 0.482 e. The predicted molar refractivity (Wildman–Crippen MR) is 115 cm³/mol. The second kappa shape index (κ2) is 6.82. The maximum atomic E-state index is 12.8. The molecule has 1 aromatic carbocycles. The fourth-order valence-corrected chi connectivity index (χ4v) is 4.25. The minimum atomic E-state index is -0.538. The quantitative estimate of drug-likeness (QED) is 0.477. The molecular formula is C23H24N2O5. The highest BCUT2D eigenvalue weighted by molar-refractivity contribution is 6.10. The molecule has 30 heavy (non-hydrogen) atoms. The van der Waals surface area contributed by atoms with E-state index in [0.29, 0.717) is 28.8 Å². The SMILES string of the molecule is CN1CCN(Cc2cc(=O)oc3c2c2c(c4occc(=O)c43)C=CC(C)(C)O2)CC1. The molecule has 2 aliphatic rings. The van der Waals surface area contributed by atoms with Crippen LogP contribution < -0.4 is 15.8 Å². The number of benzene rings is 1. The molecule has 5 rings (SSSR count). The third-order valence-electron chi connectivity index (χ3n) is 5.87. The zero-order valence-corrected chi connectivity index (χ0v) is 17.4. The lowest BCUT2D eigenvalue weighted by atomic mass is 9.95. The zero-order valence-electron chi connectivity index (χ0n) is 17.4. The Balaban J connectivity index is 1.82. The molecule has 1 saturated heterocycles. The third-order valence-corrected chi connectivity index (χ3v) is 5.87. The van der Waals surface area contributed by atoms with E-state index in [1.165, 1.54) is 18.4 Å². The summed E-state index contributed by atoms with van der Waals surface area (Å²) in [5.41, 5.74) is 0.840. The molecule has 1 fully saturated rings. The van der Waals surface area contributed by atoms with Crippen molar-refractivity contribution in [2.45, 2.75) is 26.0 Å². The lowest BCUT2D eigenvalue weighted by molar-refractivity contribution is 0.147. The molecule has 2 aliphatic heterocycles. The first-order valence-corrected chi connectivity index (χ1v) is 10.2. The van der Waals surface area contributed by atoms with Gasteiger partial charge in [0.05, 0.1) is 17.2 Å². The van der Waals surface area contributed by atoms with Gasteiger partial charge in [-0.2, -0.15) is 0 Å². The van der Waals surface area contributed by atoms with Gasteiger partial charge in [0, 0.05) is 44.9 Å². The molecule has 7 nitrogen and oxygen atoms in total. The Morgan fingerprint density at radius 3 is 2.60 bits per heavy atom. The van der Waals surface area contributed by atoms with E-state index in [4.69, 9.17) is 13.6 Å². The van der Waals surface area contributed by atoms with Gasteiger partial charge in [0.15, 0.2) is 16.6 Å². The van der Waals surface area contributed by atoms with Crippen molar-refractivity contribution in [2.24, 2.45) is 0 Å². The molecule has 156 valence electrons. The Kier molecular flexibility index (Phi) is 4.34. The van der Waals surface area contributed by atoms with E-state index in [1.54, 1.807) is 0 Å². The van der Waals surface area contributed by atoms with E-state index in [1.807, 2.05) is 26.0 Å². The zero-order chi connectivity index (χ0) is 21.0. The average Bonchev–Trinajstić information content (AvgIpc) is 2.68. The first kappa shape index (κ1) is 19.1. The van der Waals surface area contributed by atoms with Crippen LogP contribution in [0.1, 0.15) is 25.0 Å². The van der Waals surface area contributed by atoms with Crippen LogP contribution in [0.4, 0.5) is 0 Å². The smallest absolute Gasteiger partial charge is 0.336 e. The van der Waals surface area contributed by atoms with Gasteiger partial charge in [-0.3, -0.25) is 9.69 Å². The van der Waals surface area contributed by atoms with Crippen LogP contribution in [0.2, 0.25) is 0 Å². The topological polar surface area (TPSA) is 76.1 Å². The van der Waals surface area contributed by atoms with Gasteiger partial charge in [0.25, 0.3) is 0 Å². The van der Waals surface area contributed by atoms with Gasteiger partial charge >= 0.3 is 5.63 Å². The van der Waals surface area contributed by atoms with Gasteiger partial charge in [-0.15, -0.1) is 0 Å². The van der Waals surface area contributed by atoms with Crippen LogP contribution in [-0.2, 0) is 6.54 Å². The van der Waals surface area contributed by atoms with Crippen LogP contribution >= 0.6 is 0 Å². The average molecular weight is 408 g/mol. The molecule has 0 bridgehead atoms. The van der Waals surface area contributed by atoms with Crippen LogP contribution in [0.5, 0.6) is 5.75 Å². The number of ether oxygens (including phenoxy) is 1. The molecule has 0 saturated carbocycles. The third kappa shape index (κ3) is 3.14. The number of nitrogens with zero attached hydrogens (tertiary/aromatic N) is 2. The molecule has 0 amide bonds. The Labute approximate surface area is 173 Å². The van der Waals surface area contributed by atoms with Crippen LogP contribution in [0.15, 0.2) is 42.9 Å². The summed E-state index contributed by atoms with van der Waals surface area (Å²) in [5.74, 6) is 0.590. The molecule has 0 N–H and O–H groups in total. The summed E-state index contributed by atoms with van der Waals surface area (Å²) in [7, 11) is 2.11. The van der Waals surface area contributed by atoms with Crippen LogP contribution in [0, 0.1) is 0 Å². The van der Waals surface area contributed by atoms with E-state index in [-0.39, 0.29) is 16.4 Å². The number of piperazine rings is 1. The summed E-state index contributed by atoms with van der Waals surface area (Å²) in [5, 5.41) is 0.948. The molecule has 7 heteroatoms. The first-order chi connectivity index (χ1) is 14.3. The Hall–Kier alpha value is -2.90. The minimum Gasteiger partial charge on any atom is -0.482 e. The summed E-state index contributed by atoms with van der Waals surface area (Å²) >= 11 is 0. The number of likely N-dealkylation sites (N-methyl/N-ethyl adjacent to an activating group) is 1. The number of rotatable bonds is 2. The van der Waals surface area contributed by atoms with Crippen molar-refractivity contribution in [1.29, 1.82) is 0 Å². The second-order valence-electron chi connectivity index (χ2n) is 8.64. The summed E-state index contributed by atoms with van der Waals surface area (Å²) in [6.07, 6.45) is 5.22. The van der Waals surface area contributed by atoms with E-state index in [0.717, 1.165) is 31.7 Å². The van der Waals surface area contributed by atoms with Crippen molar-refractivity contribution in [3.8, 4) is 5.75 Å². The summed E-state index contributed by atoms with van der Waals surface area (Å²) in [6, 6.07) is 2.87. The Morgan fingerprint density at radius 1 is 1.07 bits per heavy atom. The van der Waals surface area contributed by atoms with Crippen molar-refractivity contribution >= 4 is 28.0 Å². The molecule has 0 atom stereocenters. The monoisotopic (exact) mass is 408 g/mol. The highest BCUT2D eigenvalue weighted by Gasteiger charge is 2.30. The summed E-state index contributed by atoms with van der Waals surface area (Å²) in [6.45, 7) is 8.25. The fourth-order valence-electron chi connectivity index (χ4n) is 4.25. The van der Waals surface area contributed by atoms with Crippen molar-refractivity contribution in [2.75, 3.05) is 33.2 Å². The summed E-state index contributed by atoms with van der Waals surface area (Å²) in [4.78, 5) is 29.8. The molecule has 2 aromatic heterocycles. The van der Waals surface area contributed by atoms with Crippen LogP contribution in [0.25, 0.3) is 28.0 Å². The molecular weight excluding hydrogens is 384 g/mol. The number of hydrogen-bond donors (Lipinski definition) is 0. The lowest BCUT2D eigenvalue weighted by Gasteiger charge is -2.33. The van der Waals surface area contributed by atoms with Crippen molar-refractivity contribution in [3.63, 3.8) is 0 Å². The van der Waals surface area contributed by atoms with E-state index < -0.39 is 11.2 Å². The van der Waals surface area contributed by atoms with Gasteiger partial charge in [-0.1, -0.05) is 0 Å². The van der Waals surface area contributed by atoms with Crippen molar-refractivity contribution in [1.82, 2.24) is 9.80 Å². The molecule has 3 aromatic rings. The van der Waals surface area contributed by atoms with Crippen molar-refractivity contribution < 1.29 is 13.6 Å². The standard InChI is InChI=1S/C23H24N2O5/c1-23(2)6-4-15-20-19(16(26)5-11-28-20)22-18(21(15)30-23)14(12-17(27)29-22)13-25-9-7-24(3)8-10-25/h4-6,11-12H,7-10,13H2,1-3H3. The molecule has 0 unspecified atom stereocenters. The van der Waals surface area contributed by atoms with Gasteiger partial charge in [0.1, 0.15) is 16.7 Å². The normalized spacial score (nSPS) is 19.2. The highest BCUT2D eigenvalue weighted by Crippen LogP contribution is 2.43. The Bertz CT molecular complexity index is 1290. The first-order valence-electron chi connectivity index (χ1n) is 10.2. The lowest BCUT2D eigenvalue weighted by Crippen LogP contribution is -2.44. The van der Waals surface area contributed by atoms with Gasteiger partial charge in [-0.25, -0.2) is 4.79 Å². The summed E-state index contributed by atoms with van der Waals surface area (Å²) < 4.78 is 17.6. The van der Waals surface area contributed by atoms with E-state index in [2.05, 4.69) is 16.8 Å². The van der Waals surface area contributed by atoms with Gasteiger partial charge in [0.2, 0.25) is 0 Å². The minimum absolute atomic E-state index is 0.237. The Morgan fingerprint density at radius 2 is 1.83 bits per heavy atom. The van der Waals surface area contributed by atoms with Gasteiger partial charge < -0.3 is 18.5 Å². The van der Waals surface area contributed by atoms with Gasteiger partial charge in [-0.05, 0) is 38.6 Å². The number of fused-ring (bicyclic) bond motifs is 6. The van der Waals surface area contributed by atoms with Crippen molar-refractivity contribution in [3.05, 3.63) is 56.2 Å². The maximum Gasteiger partial charge on any atom is 0.336 e. The highest BCUT2D eigenvalue weighted by atomic mass is 16.5. The fraction of sp³-hybridized carbons (Fsp3) is 0.391. The van der Waals surface area contributed by atoms with E-state index >= 15 is 0 Å². The second-order valence-corrected chi connectivity index (χ2v) is 8.64. The molecule has 0 aliphatic carbocycles. The maximum absolute atomic E-state index is 12.8. The predicted octanol–water partition coefficient (Wildman–Crippen LogP) is 2.83. The number of hydrogen-bond acceptors (Lipinski definition) is 7. The van der Waals surface area contributed by atoms with Crippen LogP contribution in [-0.4, -0.2) is 48.6 Å².